The van der Waals surface area contributed by atoms with E-state index in [0.717, 1.165) is 23.6 Å². The lowest BCUT2D eigenvalue weighted by Crippen LogP contribution is -2.42. The third kappa shape index (κ3) is 4.55. The fourth-order valence-corrected chi connectivity index (χ4v) is 3.16. The van der Waals surface area contributed by atoms with Gasteiger partial charge in [-0.15, -0.1) is 0 Å². The van der Waals surface area contributed by atoms with Gasteiger partial charge < -0.3 is 10.2 Å². The van der Waals surface area contributed by atoms with E-state index < -0.39 is 0 Å². The van der Waals surface area contributed by atoms with Crippen molar-refractivity contribution in [3.05, 3.63) is 35.9 Å². The van der Waals surface area contributed by atoms with Gasteiger partial charge in [0, 0.05) is 37.1 Å². The maximum atomic E-state index is 12.3. The molecule has 5 heteroatoms. The third-order valence-electron chi connectivity index (χ3n) is 3.25. The van der Waals surface area contributed by atoms with Gasteiger partial charge in [0.15, 0.2) is 0 Å². The van der Waals surface area contributed by atoms with Crippen LogP contribution in [-0.4, -0.2) is 41.4 Å². The van der Waals surface area contributed by atoms with E-state index in [1.165, 1.54) is 0 Å². The molecule has 1 unspecified atom stereocenters. The molecule has 1 aromatic rings. The molecule has 1 fully saturated rings. The van der Waals surface area contributed by atoms with Crippen LogP contribution in [0.25, 0.3) is 0 Å². The van der Waals surface area contributed by atoms with Crippen LogP contribution in [-0.2, 0) is 11.3 Å². The largest absolute Gasteiger partial charge is 0.325 e. The Morgan fingerprint density at radius 3 is 2.90 bits per heavy atom. The highest BCUT2D eigenvalue weighted by Gasteiger charge is 2.20. The SMILES string of the molecule is N#CCN(Cc1ccccc1)C(=O)CC1CSCCN1. The van der Waals surface area contributed by atoms with Crippen LogP contribution in [0.5, 0.6) is 0 Å². The summed E-state index contributed by atoms with van der Waals surface area (Å²) >= 11 is 1.88. The summed E-state index contributed by atoms with van der Waals surface area (Å²) in [5, 5.41) is 12.3. The molecular formula is C15H19N3OS. The van der Waals surface area contributed by atoms with Gasteiger partial charge >= 0.3 is 0 Å². The number of benzene rings is 1. The van der Waals surface area contributed by atoms with Crippen LogP contribution >= 0.6 is 11.8 Å². The standard InChI is InChI=1S/C15H19N3OS/c16-6-8-18(11-13-4-2-1-3-5-13)15(19)10-14-12-20-9-7-17-14/h1-5,14,17H,7-12H2. The topological polar surface area (TPSA) is 56.1 Å². The maximum absolute atomic E-state index is 12.3. The van der Waals surface area contributed by atoms with E-state index in [9.17, 15) is 4.79 Å². The van der Waals surface area contributed by atoms with Crippen molar-refractivity contribution in [2.45, 2.75) is 19.0 Å². The lowest BCUT2D eigenvalue weighted by Gasteiger charge is -2.26. The van der Waals surface area contributed by atoms with Gasteiger partial charge in [-0.3, -0.25) is 4.79 Å². The first-order valence-electron chi connectivity index (χ1n) is 6.79. The highest BCUT2D eigenvalue weighted by molar-refractivity contribution is 7.99. The smallest absolute Gasteiger partial charge is 0.225 e. The molecule has 0 saturated carbocycles. The highest BCUT2D eigenvalue weighted by atomic mass is 32.2. The minimum absolute atomic E-state index is 0.0513. The minimum Gasteiger partial charge on any atom is -0.325 e. The van der Waals surface area contributed by atoms with Crippen LogP contribution in [0.15, 0.2) is 30.3 Å². The molecular weight excluding hydrogens is 270 g/mol. The van der Waals surface area contributed by atoms with Crippen LogP contribution < -0.4 is 5.32 Å². The molecule has 1 aromatic carbocycles. The van der Waals surface area contributed by atoms with Crippen molar-refractivity contribution < 1.29 is 4.79 Å². The van der Waals surface area contributed by atoms with Gasteiger partial charge in [0.05, 0.1) is 6.07 Å². The molecule has 4 nitrogen and oxygen atoms in total. The van der Waals surface area contributed by atoms with Crippen LogP contribution in [0, 0.1) is 11.3 Å². The first-order valence-corrected chi connectivity index (χ1v) is 7.95. The Labute approximate surface area is 124 Å². The van der Waals surface area contributed by atoms with Crippen molar-refractivity contribution >= 4 is 17.7 Å². The third-order valence-corrected chi connectivity index (χ3v) is 4.38. The predicted molar refractivity (Wildman–Crippen MR) is 81.2 cm³/mol. The lowest BCUT2D eigenvalue weighted by atomic mass is 10.1. The number of hydrogen-bond donors (Lipinski definition) is 1. The molecule has 1 aliphatic rings. The molecule has 0 spiro atoms. The molecule has 1 aliphatic heterocycles. The molecule has 106 valence electrons. The minimum atomic E-state index is 0.0513. The van der Waals surface area contributed by atoms with E-state index >= 15 is 0 Å². The Bertz CT molecular complexity index is 466. The fraction of sp³-hybridized carbons (Fsp3) is 0.467. The molecule has 1 heterocycles. The van der Waals surface area contributed by atoms with Gasteiger partial charge in [-0.1, -0.05) is 30.3 Å². The zero-order chi connectivity index (χ0) is 14.2. The lowest BCUT2D eigenvalue weighted by molar-refractivity contribution is -0.131. The fourth-order valence-electron chi connectivity index (χ4n) is 2.21. The van der Waals surface area contributed by atoms with Crippen LogP contribution in [0.4, 0.5) is 0 Å². The Hall–Kier alpha value is -1.51. The van der Waals surface area contributed by atoms with Crippen molar-refractivity contribution in [1.29, 1.82) is 5.26 Å². The quantitative estimate of drug-likeness (QED) is 0.837. The number of nitrogens with zero attached hydrogens (tertiary/aromatic N) is 2. The van der Waals surface area contributed by atoms with Crippen molar-refractivity contribution in [1.82, 2.24) is 10.2 Å². The summed E-state index contributed by atoms with van der Waals surface area (Å²) in [4.78, 5) is 14.0. The molecule has 2 rings (SSSR count). The summed E-state index contributed by atoms with van der Waals surface area (Å²) in [5.41, 5.74) is 1.06. The number of carbonyl (C=O) groups excluding carboxylic acids is 1. The highest BCUT2D eigenvalue weighted by Crippen LogP contribution is 2.13. The zero-order valence-corrected chi connectivity index (χ0v) is 12.2. The van der Waals surface area contributed by atoms with Gasteiger partial charge in [-0.05, 0) is 5.56 Å². The van der Waals surface area contributed by atoms with Crippen LogP contribution in [0.3, 0.4) is 0 Å². The molecule has 1 saturated heterocycles. The number of nitrogens with one attached hydrogen (secondary N) is 1. The van der Waals surface area contributed by atoms with Crippen molar-refractivity contribution in [3.8, 4) is 6.07 Å². The zero-order valence-electron chi connectivity index (χ0n) is 11.4. The van der Waals surface area contributed by atoms with Crippen molar-refractivity contribution in [3.63, 3.8) is 0 Å². The van der Waals surface area contributed by atoms with E-state index in [2.05, 4.69) is 11.4 Å². The van der Waals surface area contributed by atoms with Gasteiger partial charge in [0.25, 0.3) is 0 Å². The molecule has 0 bridgehead atoms. The van der Waals surface area contributed by atoms with E-state index in [-0.39, 0.29) is 18.5 Å². The molecule has 1 atom stereocenters. The summed E-state index contributed by atoms with van der Waals surface area (Å²) < 4.78 is 0. The average molecular weight is 289 g/mol. The Balaban J connectivity index is 1.93. The maximum Gasteiger partial charge on any atom is 0.225 e. The Morgan fingerprint density at radius 2 is 2.25 bits per heavy atom. The van der Waals surface area contributed by atoms with Crippen molar-refractivity contribution in [2.24, 2.45) is 0 Å². The molecule has 0 aliphatic carbocycles. The number of thioether (sulfide) groups is 1. The first kappa shape index (κ1) is 14.9. The number of rotatable bonds is 5. The summed E-state index contributed by atoms with van der Waals surface area (Å²) in [6.07, 6.45) is 0.474. The summed E-state index contributed by atoms with van der Waals surface area (Å²) in [7, 11) is 0. The summed E-state index contributed by atoms with van der Waals surface area (Å²) in [6, 6.07) is 12.1. The number of hydrogen-bond acceptors (Lipinski definition) is 4. The van der Waals surface area contributed by atoms with Gasteiger partial charge in [0.1, 0.15) is 6.54 Å². The second-order valence-electron chi connectivity index (χ2n) is 4.82. The van der Waals surface area contributed by atoms with Gasteiger partial charge in [-0.25, -0.2) is 0 Å². The Morgan fingerprint density at radius 1 is 1.45 bits per heavy atom. The normalized spacial score (nSPS) is 18.2. The van der Waals surface area contributed by atoms with E-state index in [1.807, 2.05) is 42.1 Å². The molecule has 1 N–H and O–H groups in total. The monoisotopic (exact) mass is 289 g/mol. The predicted octanol–water partition coefficient (Wildman–Crippen LogP) is 1.63. The van der Waals surface area contributed by atoms with E-state index in [4.69, 9.17) is 5.26 Å². The Kier molecular flexibility index (Phi) is 5.90. The van der Waals surface area contributed by atoms with Crippen LogP contribution in [0.1, 0.15) is 12.0 Å². The second-order valence-corrected chi connectivity index (χ2v) is 5.97. The van der Waals surface area contributed by atoms with Gasteiger partial charge in [0.2, 0.25) is 5.91 Å². The van der Waals surface area contributed by atoms with Gasteiger partial charge in [-0.2, -0.15) is 17.0 Å². The number of nitriles is 1. The van der Waals surface area contributed by atoms with Crippen LogP contribution in [0.2, 0.25) is 0 Å². The summed E-state index contributed by atoms with van der Waals surface area (Å²) in [5.74, 6) is 2.13. The number of amides is 1. The molecule has 0 aromatic heterocycles. The summed E-state index contributed by atoms with van der Waals surface area (Å²) in [6.45, 7) is 1.61. The number of carbonyl (C=O) groups is 1. The molecule has 0 radical (unpaired) electrons. The van der Waals surface area contributed by atoms with E-state index in [0.29, 0.717) is 13.0 Å². The molecule has 1 amide bonds. The average Bonchev–Trinajstić information content (AvgIpc) is 2.49. The first-order chi connectivity index (χ1) is 9.79. The second kappa shape index (κ2) is 7.93. The van der Waals surface area contributed by atoms with E-state index in [1.54, 1.807) is 4.90 Å². The van der Waals surface area contributed by atoms with Crippen molar-refractivity contribution in [2.75, 3.05) is 24.6 Å². The molecule has 20 heavy (non-hydrogen) atoms.